The van der Waals surface area contributed by atoms with Crippen molar-refractivity contribution >= 4 is 35.6 Å². The molecule has 15 heteroatoms. The molecule has 0 saturated heterocycles. The SMILES string of the molecule is C=C(O)CN(CCN(CCN(CC(=O)O)CC(=O)O)CC(=O)NCCCN1C(=O)C=CC1=O)CC(=O)O. The zero-order chi connectivity index (χ0) is 28.0. The van der Waals surface area contributed by atoms with E-state index < -0.39 is 55.3 Å². The summed E-state index contributed by atoms with van der Waals surface area (Å²) in [6.45, 7) is 2.28. The third-order valence-corrected chi connectivity index (χ3v) is 5.10. The van der Waals surface area contributed by atoms with Crippen LogP contribution in [0.25, 0.3) is 0 Å². The second kappa shape index (κ2) is 16.0. The Morgan fingerprint density at radius 1 is 0.730 bits per heavy atom. The second-order valence-corrected chi connectivity index (χ2v) is 8.31. The summed E-state index contributed by atoms with van der Waals surface area (Å²) in [5, 5.41) is 39.2. The van der Waals surface area contributed by atoms with Gasteiger partial charge in [-0.3, -0.25) is 48.4 Å². The highest BCUT2D eigenvalue weighted by atomic mass is 16.4. The molecule has 0 atom stereocenters. The molecule has 1 heterocycles. The number of hydrogen-bond acceptors (Lipinski definition) is 10. The van der Waals surface area contributed by atoms with Gasteiger partial charge in [-0.1, -0.05) is 6.58 Å². The summed E-state index contributed by atoms with van der Waals surface area (Å²) in [7, 11) is 0. The molecule has 0 saturated carbocycles. The van der Waals surface area contributed by atoms with Gasteiger partial charge in [-0.2, -0.15) is 0 Å². The largest absolute Gasteiger partial charge is 0.512 e. The van der Waals surface area contributed by atoms with Crippen LogP contribution in [0.5, 0.6) is 0 Å². The summed E-state index contributed by atoms with van der Waals surface area (Å²) in [4.78, 5) is 74.1. The van der Waals surface area contributed by atoms with Crippen molar-refractivity contribution in [3.8, 4) is 0 Å². The van der Waals surface area contributed by atoms with Crippen molar-refractivity contribution in [1.82, 2.24) is 24.9 Å². The molecule has 5 N–H and O–H groups in total. The number of aliphatic hydroxyl groups excluding tert-OH is 1. The number of rotatable bonds is 20. The summed E-state index contributed by atoms with van der Waals surface area (Å²) in [6, 6.07) is 0. The fraction of sp³-hybridized carbons (Fsp3) is 0.545. The number of nitrogens with zero attached hydrogens (tertiary/aromatic N) is 4. The fourth-order valence-electron chi connectivity index (χ4n) is 3.47. The van der Waals surface area contributed by atoms with Gasteiger partial charge in [0, 0.05) is 51.4 Å². The number of imide groups is 1. The van der Waals surface area contributed by atoms with Crippen molar-refractivity contribution in [3.05, 3.63) is 24.5 Å². The molecule has 0 spiro atoms. The van der Waals surface area contributed by atoms with Gasteiger partial charge in [-0.25, -0.2) is 0 Å². The molecular weight excluding hydrogens is 494 g/mol. The summed E-state index contributed by atoms with van der Waals surface area (Å²) in [5.41, 5.74) is 0. The number of carboxylic acids is 3. The summed E-state index contributed by atoms with van der Waals surface area (Å²) >= 11 is 0. The minimum absolute atomic E-state index is 0.00367. The molecular formula is C22H33N5O10. The number of hydrogen-bond donors (Lipinski definition) is 5. The maximum absolute atomic E-state index is 12.5. The first-order chi connectivity index (χ1) is 17.4. The van der Waals surface area contributed by atoms with Crippen molar-refractivity contribution in [2.75, 3.05) is 72.0 Å². The van der Waals surface area contributed by atoms with E-state index in [9.17, 15) is 33.9 Å². The molecule has 0 aromatic rings. The molecule has 0 fully saturated rings. The second-order valence-electron chi connectivity index (χ2n) is 8.31. The Kier molecular flexibility index (Phi) is 13.5. The zero-order valence-electron chi connectivity index (χ0n) is 20.4. The molecule has 0 aromatic heterocycles. The highest BCUT2D eigenvalue weighted by Gasteiger charge is 2.23. The van der Waals surface area contributed by atoms with Crippen molar-refractivity contribution in [3.63, 3.8) is 0 Å². The van der Waals surface area contributed by atoms with Gasteiger partial charge in [0.1, 0.15) is 0 Å². The van der Waals surface area contributed by atoms with Crippen molar-refractivity contribution in [1.29, 1.82) is 0 Å². The van der Waals surface area contributed by atoms with Gasteiger partial charge in [0.2, 0.25) is 5.91 Å². The lowest BCUT2D eigenvalue weighted by molar-refractivity contribution is -0.142. The average molecular weight is 528 g/mol. The number of aliphatic carboxylic acids is 3. The Balaban J connectivity index is 2.72. The fourth-order valence-corrected chi connectivity index (χ4v) is 3.47. The molecule has 37 heavy (non-hydrogen) atoms. The molecule has 0 bridgehead atoms. The van der Waals surface area contributed by atoms with E-state index in [2.05, 4.69) is 11.9 Å². The first kappa shape index (κ1) is 31.2. The first-order valence-corrected chi connectivity index (χ1v) is 11.4. The van der Waals surface area contributed by atoms with E-state index >= 15 is 0 Å². The van der Waals surface area contributed by atoms with Crippen molar-refractivity contribution in [2.45, 2.75) is 6.42 Å². The van der Waals surface area contributed by atoms with Gasteiger partial charge in [0.05, 0.1) is 38.5 Å². The Morgan fingerprint density at radius 3 is 1.59 bits per heavy atom. The number of carbonyl (C=O) groups is 6. The molecule has 0 aromatic carbocycles. The van der Waals surface area contributed by atoms with Crippen molar-refractivity contribution in [2.24, 2.45) is 0 Å². The number of nitrogens with one attached hydrogen (secondary N) is 1. The lowest BCUT2D eigenvalue weighted by Gasteiger charge is -2.28. The van der Waals surface area contributed by atoms with Crippen LogP contribution in [0.4, 0.5) is 0 Å². The van der Waals surface area contributed by atoms with E-state index in [0.29, 0.717) is 6.42 Å². The number of carbonyl (C=O) groups excluding carboxylic acids is 3. The molecule has 0 unspecified atom stereocenters. The topological polar surface area (TPSA) is 208 Å². The van der Waals surface area contributed by atoms with E-state index in [-0.39, 0.29) is 58.1 Å². The number of carboxylic acid groups (broad SMARTS) is 3. The average Bonchev–Trinajstić information content (AvgIpc) is 3.08. The highest BCUT2D eigenvalue weighted by molar-refractivity contribution is 6.12. The standard InChI is InChI=1S/C22H33N5O10/c1-16(28)11-25(13-20(32)33)9-7-24(8-10-26(14-21(34)35)15-22(36)37)12-17(29)23-5-2-6-27-18(30)3-4-19(27)31/h3-4,28H,1-2,5-15H2,(H,23,29)(H,32,33)(H,34,35)(H,36,37). The Hall–Kier alpha value is -3.82. The van der Waals surface area contributed by atoms with E-state index in [4.69, 9.17) is 15.3 Å². The van der Waals surface area contributed by atoms with Gasteiger partial charge in [0.15, 0.2) is 0 Å². The van der Waals surface area contributed by atoms with Gasteiger partial charge in [-0.05, 0) is 6.42 Å². The van der Waals surface area contributed by atoms with Crippen LogP contribution in [0.2, 0.25) is 0 Å². The van der Waals surface area contributed by atoms with E-state index in [0.717, 1.165) is 17.1 Å². The normalized spacial score (nSPS) is 13.1. The predicted octanol–water partition coefficient (Wildman–Crippen LogP) is -2.35. The minimum Gasteiger partial charge on any atom is -0.512 e. The first-order valence-electron chi connectivity index (χ1n) is 11.4. The van der Waals surface area contributed by atoms with E-state index in [1.807, 2.05) is 0 Å². The Bertz CT molecular complexity index is 816. The summed E-state index contributed by atoms with van der Waals surface area (Å²) in [5.74, 6) is -5.08. The third kappa shape index (κ3) is 13.7. The van der Waals surface area contributed by atoms with Crippen LogP contribution in [0.1, 0.15) is 6.42 Å². The molecule has 15 nitrogen and oxygen atoms in total. The maximum atomic E-state index is 12.5. The molecule has 206 valence electrons. The molecule has 3 amide bonds. The molecule has 0 radical (unpaired) electrons. The Labute approximate surface area is 213 Å². The molecule has 0 aliphatic carbocycles. The third-order valence-electron chi connectivity index (χ3n) is 5.10. The lowest BCUT2D eigenvalue weighted by atomic mass is 10.3. The lowest BCUT2D eigenvalue weighted by Crippen LogP contribution is -2.46. The van der Waals surface area contributed by atoms with Crippen LogP contribution in [0, 0.1) is 0 Å². The van der Waals surface area contributed by atoms with Crippen LogP contribution in [-0.4, -0.2) is 148 Å². The number of amides is 3. The highest BCUT2D eigenvalue weighted by Crippen LogP contribution is 2.04. The minimum atomic E-state index is -1.22. The number of aliphatic hydroxyl groups is 1. The Morgan fingerprint density at radius 2 is 1.16 bits per heavy atom. The van der Waals surface area contributed by atoms with E-state index in [1.54, 1.807) is 4.90 Å². The van der Waals surface area contributed by atoms with Gasteiger partial charge in [-0.15, -0.1) is 0 Å². The van der Waals surface area contributed by atoms with Crippen LogP contribution < -0.4 is 5.32 Å². The van der Waals surface area contributed by atoms with Crippen LogP contribution in [0.3, 0.4) is 0 Å². The van der Waals surface area contributed by atoms with Crippen molar-refractivity contribution < 1.29 is 49.2 Å². The maximum Gasteiger partial charge on any atom is 0.317 e. The van der Waals surface area contributed by atoms with E-state index in [1.165, 1.54) is 9.80 Å². The van der Waals surface area contributed by atoms with Gasteiger partial charge < -0.3 is 25.7 Å². The molecule has 1 aliphatic heterocycles. The molecule has 1 aliphatic rings. The quantitative estimate of drug-likeness (QED) is 0.0639. The predicted molar refractivity (Wildman–Crippen MR) is 127 cm³/mol. The van der Waals surface area contributed by atoms with Gasteiger partial charge in [0.25, 0.3) is 11.8 Å². The zero-order valence-corrected chi connectivity index (χ0v) is 20.4. The summed E-state index contributed by atoms with van der Waals surface area (Å²) in [6.07, 6.45) is 2.65. The van der Waals surface area contributed by atoms with Crippen LogP contribution >= 0.6 is 0 Å². The van der Waals surface area contributed by atoms with Crippen LogP contribution in [-0.2, 0) is 28.8 Å². The van der Waals surface area contributed by atoms with Gasteiger partial charge >= 0.3 is 17.9 Å². The van der Waals surface area contributed by atoms with Crippen LogP contribution in [0.15, 0.2) is 24.5 Å². The smallest absolute Gasteiger partial charge is 0.317 e. The molecule has 1 rings (SSSR count). The summed E-state index contributed by atoms with van der Waals surface area (Å²) < 4.78 is 0. The monoisotopic (exact) mass is 527 g/mol.